The maximum atomic E-state index is 13.3. The maximum Gasteiger partial charge on any atom is 0.416 e. The van der Waals surface area contributed by atoms with Crippen LogP contribution in [-0.2, 0) is 12.4 Å². The number of carbonyl (C=O) groups excluding carboxylic acids is 1. The van der Waals surface area contributed by atoms with Crippen LogP contribution < -0.4 is 0 Å². The molecule has 178 valence electrons. The van der Waals surface area contributed by atoms with E-state index >= 15 is 0 Å². The molecular weight excluding hydrogens is 490 g/mol. The number of benzene rings is 4. The Kier molecular flexibility index (Phi) is 6.47. The summed E-state index contributed by atoms with van der Waals surface area (Å²) in [6.45, 7) is 0. The summed E-state index contributed by atoms with van der Waals surface area (Å²) >= 11 is 6.17. The largest absolute Gasteiger partial charge is 0.416 e. The summed E-state index contributed by atoms with van der Waals surface area (Å²) < 4.78 is 79.7. The monoisotopic (exact) mass is 504 g/mol. The van der Waals surface area contributed by atoms with Crippen LogP contribution in [0.25, 0.3) is 22.3 Å². The highest BCUT2D eigenvalue weighted by atomic mass is 35.5. The number of hydrogen-bond donors (Lipinski definition) is 0. The van der Waals surface area contributed by atoms with Gasteiger partial charge in [0.05, 0.1) is 11.1 Å². The first-order valence-electron chi connectivity index (χ1n) is 10.2. The Morgan fingerprint density at radius 1 is 0.543 bits per heavy atom. The molecule has 0 unspecified atom stereocenters. The quantitative estimate of drug-likeness (QED) is 0.200. The van der Waals surface area contributed by atoms with Crippen LogP contribution >= 0.6 is 11.6 Å². The van der Waals surface area contributed by atoms with Crippen molar-refractivity contribution < 1.29 is 31.1 Å². The van der Waals surface area contributed by atoms with Crippen LogP contribution in [0.15, 0.2) is 91.0 Å². The van der Waals surface area contributed by atoms with E-state index in [2.05, 4.69) is 0 Å². The van der Waals surface area contributed by atoms with Gasteiger partial charge in [0.15, 0.2) is 5.78 Å². The molecule has 0 saturated carbocycles. The molecule has 0 aliphatic carbocycles. The maximum absolute atomic E-state index is 13.3. The molecule has 0 amide bonds. The summed E-state index contributed by atoms with van der Waals surface area (Å²) in [4.78, 5) is 12.6. The second kappa shape index (κ2) is 9.23. The highest BCUT2D eigenvalue weighted by Crippen LogP contribution is 2.40. The molecule has 8 heteroatoms. The lowest BCUT2D eigenvalue weighted by molar-refractivity contribution is -0.143. The molecule has 0 fully saturated rings. The molecule has 0 aliphatic rings. The van der Waals surface area contributed by atoms with Gasteiger partial charge in [-0.05, 0) is 58.7 Å². The van der Waals surface area contributed by atoms with Crippen molar-refractivity contribution in [1.29, 1.82) is 0 Å². The van der Waals surface area contributed by atoms with Gasteiger partial charge in [0.1, 0.15) is 0 Å². The fourth-order valence-corrected chi connectivity index (χ4v) is 3.85. The molecule has 0 bridgehead atoms. The number of rotatable bonds is 4. The molecule has 0 aliphatic heterocycles. The molecule has 0 saturated heterocycles. The smallest absolute Gasteiger partial charge is 0.289 e. The third kappa shape index (κ3) is 5.57. The fourth-order valence-electron chi connectivity index (χ4n) is 3.61. The molecule has 4 aromatic rings. The topological polar surface area (TPSA) is 17.1 Å². The summed E-state index contributed by atoms with van der Waals surface area (Å²) in [5.41, 5.74) is -1.01. The molecule has 4 rings (SSSR count). The fraction of sp³-hybridized carbons (Fsp3) is 0.0741. The van der Waals surface area contributed by atoms with E-state index in [4.69, 9.17) is 11.6 Å². The number of halogens is 7. The van der Waals surface area contributed by atoms with Gasteiger partial charge in [-0.2, -0.15) is 26.3 Å². The van der Waals surface area contributed by atoms with Gasteiger partial charge in [0.25, 0.3) is 0 Å². The van der Waals surface area contributed by atoms with Gasteiger partial charge >= 0.3 is 12.4 Å². The van der Waals surface area contributed by atoms with E-state index in [1.165, 1.54) is 18.2 Å². The molecule has 0 spiro atoms. The highest BCUT2D eigenvalue weighted by molar-refractivity contribution is 6.31. The molecule has 0 radical (unpaired) electrons. The molecule has 0 N–H and O–H groups in total. The minimum absolute atomic E-state index is 0.0808. The predicted molar refractivity (Wildman–Crippen MR) is 122 cm³/mol. The van der Waals surface area contributed by atoms with Crippen molar-refractivity contribution in [3.05, 3.63) is 118 Å². The normalized spacial score (nSPS) is 12.0. The lowest BCUT2D eigenvalue weighted by atomic mass is 9.95. The number of ketones is 1. The van der Waals surface area contributed by atoms with Crippen molar-refractivity contribution in [3.8, 4) is 22.3 Å². The Hall–Kier alpha value is -3.58. The average Bonchev–Trinajstić information content (AvgIpc) is 2.82. The van der Waals surface area contributed by atoms with Crippen molar-refractivity contribution >= 4 is 17.4 Å². The molecular formula is C27H15ClF6O. The number of hydrogen-bond acceptors (Lipinski definition) is 1. The summed E-state index contributed by atoms with van der Waals surface area (Å²) in [6.07, 6.45) is -9.92. The van der Waals surface area contributed by atoms with Crippen molar-refractivity contribution in [1.82, 2.24) is 0 Å². The van der Waals surface area contributed by atoms with Gasteiger partial charge < -0.3 is 0 Å². The summed E-state index contributed by atoms with van der Waals surface area (Å²) in [6, 6.07) is 20.8. The summed E-state index contributed by atoms with van der Waals surface area (Å²) in [5.74, 6) is -0.187. The predicted octanol–water partition coefficient (Wildman–Crippen LogP) is 8.94. The number of carbonyl (C=O) groups is 1. The van der Waals surface area contributed by atoms with Crippen LogP contribution in [0.1, 0.15) is 27.0 Å². The Balaban J connectivity index is 1.74. The van der Waals surface area contributed by atoms with Crippen LogP contribution in [0.3, 0.4) is 0 Å². The molecule has 4 aromatic carbocycles. The minimum atomic E-state index is -4.96. The van der Waals surface area contributed by atoms with Gasteiger partial charge in [0.2, 0.25) is 0 Å². The van der Waals surface area contributed by atoms with E-state index in [0.717, 1.165) is 0 Å². The van der Waals surface area contributed by atoms with E-state index in [9.17, 15) is 31.1 Å². The second-order valence-corrected chi connectivity index (χ2v) is 8.23. The Bertz CT molecular complexity index is 1340. The van der Waals surface area contributed by atoms with Gasteiger partial charge in [0, 0.05) is 16.1 Å². The molecule has 0 aromatic heterocycles. The van der Waals surface area contributed by atoms with Gasteiger partial charge in [-0.15, -0.1) is 0 Å². The molecule has 0 atom stereocenters. The Labute approximate surface area is 201 Å². The van der Waals surface area contributed by atoms with Crippen molar-refractivity contribution in [2.24, 2.45) is 0 Å². The molecule has 1 nitrogen and oxygen atoms in total. The first-order chi connectivity index (χ1) is 16.4. The highest BCUT2D eigenvalue weighted by Gasteiger charge is 2.37. The van der Waals surface area contributed by atoms with E-state index in [1.807, 2.05) is 0 Å². The van der Waals surface area contributed by atoms with E-state index in [-0.39, 0.29) is 28.0 Å². The lowest BCUT2D eigenvalue weighted by Gasteiger charge is -2.15. The standard InChI is InChI=1S/C27H15ClF6O/c28-24-13-19(16-6-8-18(9-7-16)25(35)17-4-2-1-3-5-17)10-20(14-24)21-11-22(26(29,30)31)15-23(12-21)27(32,33)34/h1-15H. The summed E-state index contributed by atoms with van der Waals surface area (Å²) in [7, 11) is 0. The van der Waals surface area contributed by atoms with Crippen LogP contribution in [0.4, 0.5) is 26.3 Å². The van der Waals surface area contributed by atoms with Crippen LogP contribution in [-0.4, -0.2) is 5.78 Å². The minimum Gasteiger partial charge on any atom is -0.289 e. The van der Waals surface area contributed by atoms with E-state index < -0.39 is 23.5 Å². The van der Waals surface area contributed by atoms with Crippen LogP contribution in [0.2, 0.25) is 5.02 Å². The van der Waals surface area contributed by atoms with E-state index in [0.29, 0.717) is 34.4 Å². The third-order valence-electron chi connectivity index (χ3n) is 5.34. The Morgan fingerprint density at radius 2 is 1.00 bits per heavy atom. The average molecular weight is 505 g/mol. The third-order valence-corrected chi connectivity index (χ3v) is 5.55. The number of alkyl halides is 6. The zero-order valence-corrected chi connectivity index (χ0v) is 18.5. The van der Waals surface area contributed by atoms with Crippen LogP contribution in [0, 0.1) is 0 Å². The SMILES string of the molecule is O=C(c1ccccc1)c1ccc(-c2cc(Cl)cc(-c3cc(C(F)(F)F)cc(C(F)(F)F)c3)c2)cc1. The first-order valence-corrected chi connectivity index (χ1v) is 10.6. The van der Waals surface area contributed by atoms with Gasteiger partial charge in [-0.3, -0.25) is 4.79 Å². The second-order valence-electron chi connectivity index (χ2n) is 7.80. The first kappa shape index (κ1) is 24.5. The zero-order valence-electron chi connectivity index (χ0n) is 17.7. The van der Waals surface area contributed by atoms with Gasteiger partial charge in [-0.1, -0.05) is 66.2 Å². The van der Waals surface area contributed by atoms with Crippen molar-refractivity contribution in [3.63, 3.8) is 0 Å². The zero-order chi connectivity index (χ0) is 25.4. The molecule has 35 heavy (non-hydrogen) atoms. The lowest BCUT2D eigenvalue weighted by Crippen LogP contribution is -2.11. The molecule has 0 heterocycles. The Morgan fingerprint density at radius 3 is 1.51 bits per heavy atom. The van der Waals surface area contributed by atoms with E-state index in [1.54, 1.807) is 54.6 Å². The van der Waals surface area contributed by atoms with Crippen LogP contribution in [0.5, 0.6) is 0 Å². The van der Waals surface area contributed by atoms with Gasteiger partial charge in [-0.25, -0.2) is 0 Å². The van der Waals surface area contributed by atoms with Crippen molar-refractivity contribution in [2.75, 3.05) is 0 Å². The van der Waals surface area contributed by atoms with Crippen molar-refractivity contribution in [2.45, 2.75) is 12.4 Å². The summed E-state index contributed by atoms with van der Waals surface area (Å²) in [5, 5.41) is 0.132.